The minimum atomic E-state index is -0.110. The summed E-state index contributed by atoms with van der Waals surface area (Å²) in [6, 6.07) is 6.26. The van der Waals surface area contributed by atoms with E-state index in [1.54, 1.807) is 0 Å². The fraction of sp³-hybridized carbons (Fsp3) is 0.571. The van der Waals surface area contributed by atoms with Gasteiger partial charge in [0.25, 0.3) is 0 Å². The topological polar surface area (TPSA) is 30.5 Å². The minimum Gasteiger partial charge on any atom is -0.385 e. The van der Waals surface area contributed by atoms with Crippen molar-refractivity contribution >= 4 is 21.6 Å². The molecule has 0 aliphatic rings. The lowest BCUT2D eigenvalue weighted by molar-refractivity contribution is -0.137. The zero-order valence-corrected chi connectivity index (χ0v) is 12.9. The van der Waals surface area contributed by atoms with Crippen LogP contribution in [0.5, 0.6) is 0 Å². The number of ether oxygens (including phenoxy) is 2. The number of halogens is 1. The second kappa shape index (κ2) is 8.51. The molecule has 0 amide bonds. The van der Waals surface area contributed by atoms with Crippen LogP contribution in [0.2, 0.25) is 0 Å². The highest BCUT2D eigenvalue weighted by molar-refractivity contribution is 9.10. The van der Waals surface area contributed by atoms with E-state index in [2.05, 4.69) is 46.4 Å². The molecule has 0 bridgehead atoms. The van der Waals surface area contributed by atoms with Crippen LogP contribution in [-0.2, 0) is 9.47 Å². The summed E-state index contributed by atoms with van der Waals surface area (Å²) in [6.45, 7) is 8.24. The van der Waals surface area contributed by atoms with Gasteiger partial charge in [0.15, 0.2) is 6.29 Å². The van der Waals surface area contributed by atoms with E-state index >= 15 is 0 Å². The lowest BCUT2D eigenvalue weighted by atomic mass is 10.2. The number of nitrogens with one attached hydrogen (secondary N) is 1. The second-order valence-corrected chi connectivity index (χ2v) is 4.87. The minimum absolute atomic E-state index is 0.110. The van der Waals surface area contributed by atoms with Gasteiger partial charge < -0.3 is 14.8 Å². The van der Waals surface area contributed by atoms with Crippen LogP contribution in [0.4, 0.5) is 5.69 Å². The van der Waals surface area contributed by atoms with Crippen LogP contribution >= 0.6 is 15.9 Å². The lowest BCUT2D eigenvalue weighted by Gasteiger charge is -2.17. The number of aryl methyl sites for hydroxylation is 1. The van der Waals surface area contributed by atoms with Crippen LogP contribution in [-0.4, -0.2) is 26.0 Å². The van der Waals surface area contributed by atoms with E-state index in [1.807, 2.05) is 13.8 Å². The van der Waals surface area contributed by atoms with Gasteiger partial charge in [0.1, 0.15) is 0 Å². The molecule has 0 fully saturated rings. The van der Waals surface area contributed by atoms with Gasteiger partial charge >= 0.3 is 0 Å². The Hall–Kier alpha value is -0.580. The smallest absolute Gasteiger partial charge is 0.159 e. The van der Waals surface area contributed by atoms with E-state index in [-0.39, 0.29) is 6.29 Å². The Kier molecular flexibility index (Phi) is 7.32. The molecular weight excluding hydrogens is 294 g/mol. The summed E-state index contributed by atoms with van der Waals surface area (Å²) in [5.41, 5.74) is 2.35. The van der Waals surface area contributed by atoms with Crippen molar-refractivity contribution in [3.63, 3.8) is 0 Å². The molecule has 0 heterocycles. The van der Waals surface area contributed by atoms with Gasteiger partial charge in [0, 0.05) is 36.3 Å². The second-order valence-electron chi connectivity index (χ2n) is 4.02. The summed E-state index contributed by atoms with van der Waals surface area (Å²) in [4.78, 5) is 0. The molecule has 1 aromatic carbocycles. The number of hydrogen-bond acceptors (Lipinski definition) is 3. The zero-order chi connectivity index (χ0) is 13.4. The van der Waals surface area contributed by atoms with Crippen LogP contribution in [0.25, 0.3) is 0 Å². The molecule has 18 heavy (non-hydrogen) atoms. The molecule has 0 radical (unpaired) electrons. The molecule has 102 valence electrons. The van der Waals surface area contributed by atoms with Gasteiger partial charge in [0.2, 0.25) is 0 Å². The molecule has 4 heteroatoms. The average molecular weight is 316 g/mol. The Morgan fingerprint density at radius 2 is 1.89 bits per heavy atom. The van der Waals surface area contributed by atoms with Crippen LogP contribution < -0.4 is 5.32 Å². The summed E-state index contributed by atoms with van der Waals surface area (Å²) >= 11 is 3.53. The van der Waals surface area contributed by atoms with Gasteiger partial charge in [-0.05, 0) is 38.5 Å². The summed E-state index contributed by atoms with van der Waals surface area (Å²) < 4.78 is 12.1. The molecule has 3 nitrogen and oxygen atoms in total. The first-order valence-corrected chi connectivity index (χ1v) is 7.19. The SMILES string of the molecule is CCOC(CCNc1ccc(C)c(Br)c1)OCC. The molecule has 0 saturated heterocycles. The quantitative estimate of drug-likeness (QED) is 0.737. The van der Waals surface area contributed by atoms with Gasteiger partial charge in [-0.3, -0.25) is 0 Å². The fourth-order valence-electron chi connectivity index (χ4n) is 1.62. The molecule has 1 N–H and O–H groups in total. The largest absolute Gasteiger partial charge is 0.385 e. The van der Waals surface area contributed by atoms with Crippen molar-refractivity contribution in [3.8, 4) is 0 Å². The Balaban J connectivity index is 2.37. The van der Waals surface area contributed by atoms with Gasteiger partial charge in [-0.1, -0.05) is 22.0 Å². The van der Waals surface area contributed by atoms with E-state index < -0.39 is 0 Å². The zero-order valence-electron chi connectivity index (χ0n) is 11.3. The monoisotopic (exact) mass is 315 g/mol. The van der Waals surface area contributed by atoms with E-state index in [0.717, 1.165) is 23.1 Å². The van der Waals surface area contributed by atoms with Crippen LogP contribution in [0.1, 0.15) is 25.8 Å². The predicted molar refractivity (Wildman–Crippen MR) is 79.0 cm³/mol. The Morgan fingerprint density at radius 3 is 2.44 bits per heavy atom. The van der Waals surface area contributed by atoms with Crippen molar-refractivity contribution in [2.45, 2.75) is 33.5 Å². The summed E-state index contributed by atoms with van der Waals surface area (Å²) in [5.74, 6) is 0. The Bertz CT molecular complexity index is 352. The van der Waals surface area contributed by atoms with E-state index in [9.17, 15) is 0 Å². The molecule has 1 aromatic rings. The first-order valence-electron chi connectivity index (χ1n) is 6.40. The predicted octanol–water partition coefficient (Wildman–Crippen LogP) is 3.96. The Morgan fingerprint density at radius 1 is 1.22 bits per heavy atom. The summed E-state index contributed by atoms with van der Waals surface area (Å²) in [6.07, 6.45) is 0.731. The van der Waals surface area contributed by atoms with Gasteiger partial charge in [0.05, 0.1) is 0 Å². The van der Waals surface area contributed by atoms with Crippen molar-refractivity contribution in [2.75, 3.05) is 25.1 Å². The molecule has 0 atom stereocenters. The van der Waals surface area contributed by atoms with Crippen LogP contribution in [0.3, 0.4) is 0 Å². The molecule has 0 saturated carbocycles. The first kappa shape index (κ1) is 15.5. The Labute approximate surface area is 118 Å². The molecule has 0 unspecified atom stereocenters. The molecule has 0 aliphatic carbocycles. The highest BCUT2D eigenvalue weighted by atomic mass is 79.9. The van der Waals surface area contributed by atoms with Crippen LogP contribution in [0.15, 0.2) is 22.7 Å². The number of hydrogen-bond donors (Lipinski definition) is 1. The van der Waals surface area contributed by atoms with Gasteiger partial charge in [-0.2, -0.15) is 0 Å². The number of benzene rings is 1. The maximum atomic E-state index is 5.49. The summed E-state index contributed by atoms with van der Waals surface area (Å²) in [5, 5.41) is 3.37. The van der Waals surface area contributed by atoms with E-state index in [1.165, 1.54) is 5.56 Å². The van der Waals surface area contributed by atoms with Crippen molar-refractivity contribution in [3.05, 3.63) is 28.2 Å². The maximum Gasteiger partial charge on any atom is 0.159 e. The normalized spacial score (nSPS) is 10.9. The third-order valence-electron chi connectivity index (χ3n) is 2.59. The van der Waals surface area contributed by atoms with Gasteiger partial charge in [-0.25, -0.2) is 0 Å². The maximum absolute atomic E-state index is 5.49. The van der Waals surface area contributed by atoms with E-state index in [0.29, 0.717) is 13.2 Å². The first-order chi connectivity index (χ1) is 8.67. The van der Waals surface area contributed by atoms with E-state index in [4.69, 9.17) is 9.47 Å². The van der Waals surface area contributed by atoms with Crippen molar-refractivity contribution < 1.29 is 9.47 Å². The third-order valence-corrected chi connectivity index (χ3v) is 3.44. The number of rotatable bonds is 8. The third kappa shape index (κ3) is 5.38. The molecule has 0 aromatic heterocycles. The highest BCUT2D eigenvalue weighted by Crippen LogP contribution is 2.20. The fourth-order valence-corrected chi connectivity index (χ4v) is 2.00. The van der Waals surface area contributed by atoms with Crippen molar-refractivity contribution in [1.29, 1.82) is 0 Å². The molecule has 1 rings (SSSR count). The average Bonchev–Trinajstić information content (AvgIpc) is 2.34. The van der Waals surface area contributed by atoms with Gasteiger partial charge in [-0.15, -0.1) is 0 Å². The molecular formula is C14H22BrNO2. The standard InChI is InChI=1S/C14H22BrNO2/c1-4-17-14(18-5-2)8-9-16-12-7-6-11(3)13(15)10-12/h6-7,10,14,16H,4-5,8-9H2,1-3H3. The number of anilines is 1. The van der Waals surface area contributed by atoms with Crippen molar-refractivity contribution in [1.82, 2.24) is 0 Å². The van der Waals surface area contributed by atoms with Crippen molar-refractivity contribution in [2.24, 2.45) is 0 Å². The molecule has 0 aliphatic heterocycles. The van der Waals surface area contributed by atoms with Crippen LogP contribution in [0, 0.1) is 6.92 Å². The highest BCUT2D eigenvalue weighted by Gasteiger charge is 2.07. The lowest BCUT2D eigenvalue weighted by Crippen LogP contribution is -2.21. The summed E-state index contributed by atoms with van der Waals surface area (Å²) in [7, 11) is 0. The molecule has 0 spiro atoms.